The van der Waals surface area contributed by atoms with Gasteiger partial charge in [-0.15, -0.1) is 0 Å². The highest BCUT2D eigenvalue weighted by Crippen LogP contribution is 2.25. The maximum Gasteiger partial charge on any atom is 0.159 e. The molecule has 0 saturated carbocycles. The molecule has 1 aromatic carbocycles. The van der Waals surface area contributed by atoms with E-state index >= 15 is 0 Å². The summed E-state index contributed by atoms with van der Waals surface area (Å²) >= 11 is 5.70. The van der Waals surface area contributed by atoms with Crippen LogP contribution in [0.1, 0.15) is 18.9 Å². The maximum atomic E-state index is 13.7. The molecule has 1 unspecified atom stereocenters. The van der Waals surface area contributed by atoms with Crippen molar-refractivity contribution in [2.45, 2.75) is 31.7 Å². The standard InChI is InChI=1S/C13H18ClFO3/c1-13(16,8-11(17-2)18-3)7-9-5-4-6-10(14)12(9)15/h4-6,11,16H,7-8H2,1-3H3. The molecular weight excluding hydrogens is 259 g/mol. The second kappa shape index (κ2) is 6.48. The van der Waals surface area contributed by atoms with Gasteiger partial charge in [0.2, 0.25) is 0 Å². The van der Waals surface area contributed by atoms with Crippen LogP contribution in [0.25, 0.3) is 0 Å². The van der Waals surface area contributed by atoms with Gasteiger partial charge in [-0.05, 0) is 18.6 Å². The summed E-state index contributed by atoms with van der Waals surface area (Å²) in [5.74, 6) is -0.495. The van der Waals surface area contributed by atoms with Crippen molar-refractivity contribution in [1.82, 2.24) is 0 Å². The van der Waals surface area contributed by atoms with Crippen molar-refractivity contribution >= 4 is 11.6 Å². The lowest BCUT2D eigenvalue weighted by molar-refractivity contribution is -0.139. The molecule has 5 heteroatoms. The fourth-order valence-electron chi connectivity index (χ4n) is 1.79. The number of hydrogen-bond donors (Lipinski definition) is 1. The van der Waals surface area contributed by atoms with E-state index in [2.05, 4.69) is 0 Å². The highest BCUT2D eigenvalue weighted by atomic mass is 35.5. The van der Waals surface area contributed by atoms with Gasteiger partial charge in [0.05, 0.1) is 10.6 Å². The molecule has 0 aromatic heterocycles. The first-order valence-electron chi connectivity index (χ1n) is 5.60. The van der Waals surface area contributed by atoms with Gasteiger partial charge in [0.1, 0.15) is 5.82 Å². The van der Waals surface area contributed by atoms with E-state index in [-0.39, 0.29) is 17.9 Å². The highest BCUT2D eigenvalue weighted by Gasteiger charge is 2.27. The van der Waals surface area contributed by atoms with Crippen LogP contribution in [-0.4, -0.2) is 31.2 Å². The zero-order valence-corrected chi connectivity index (χ0v) is 11.5. The second-order valence-corrected chi connectivity index (χ2v) is 4.90. The Morgan fingerprint density at radius 2 is 2.00 bits per heavy atom. The molecule has 0 fully saturated rings. The van der Waals surface area contributed by atoms with Gasteiger partial charge >= 0.3 is 0 Å². The Balaban J connectivity index is 2.78. The molecule has 1 aromatic rings. The maximum absolute atomic E-state index is 13.7. The highest BCUT2D eigenvalue weighted by molar-refractivity contribution is 6.30. The topological polar surface area (TPSA) is 38.7 Å². The molecule has 0 radical (unpaired) electrons. The van der Waals surface area contributed by atoms with E-state index < -0.39 is 17.7 Å². The summed E-state index contributed by atoms with van der Waals surface area (Å²) in [4.78, 5) is 0. The number of methoxy groups -OCH3 is 2. The normalized spacial score (nSPS) is 14.8. The minimum Gasteiger partial charge on any atom is -0.390 e. The summed E-state index contributed by atoms with van der Waals surface area (Å²) in [5, 5.41) is 10.3. The van der Waals surface area contributed by atoms with Crippen molar-refractivity contribution in [3.05, 3.63) is 34.6 Å². The molecule has 0 amide bonds. The van der Waals surface area contributed by atoms with E-state index in [4.69, 9.17) is 21.1 Å². The van der Waals surface area contributed by atoms with E-state index in [1.807, 2.05) is 0 Å². The quantitative estimate of drug-likeness (QED) is 0.812. The van der Waals surface area contributed by atoms with Gasteiger partial charge in [-0.3, -0.25) is 0 Å². The van der Waals surface area contributed by atoms with Crippen LogP contribution in [0.2, 0.25) is 5.02 Å². The minimum atomic E-state index is -1.14. The van der Waals surface area contributed by atoms with E-state index in [1.165, 1.54) is 20.3 Å². The van der Waals surface area contributed by atoms with Gasteiger partial charge in [0, 0.05) is 27.1 Å². The third kappa shape index (κ3) is 4.21. The molecule has 102 valence electrons. The van der Waals surface area contributed by atoms with E-state index in [9.17, 15) is 9.50 Å². The van der Waals surface area contributed by atoms with E-state index in [0.717, 1.165) is 0 Å². The summed E-state index contributed by atoms with van der Waals surface area (Å²) in [5.41, 5.74) is -0.763. The number of halogens is 2. The molecule has 1 N–H and O–H groups in total. The van der Waals surface area contributed by atoms with Crippen LogP contribution in [0.4, 0.5) is 4.39 Å². The first-order chi connectivity index (χ1) is 8.39. The van der Waals surface area contributed by atoms with Crippen molar-refractivity contribution in [1.29, 1.82) is 0 Å². The van der Waals surface area contributed by atoms with Gasteiger partial charge in [-0.25, -0.2) is 4.39 Å². The van der Waals surface area contributed by atoms with Gasteiger partial charge in [-0.1, -0.05) is 23.7 Å². The zero-order valence-electron chi connectivity index (χ0n) is 10.7. The van der Waals surface area contributed by atoms with Crippen LogP contribution in [0.15, 0.2) is 18.2 Å². The van der Waals surface area contributed by atoms with E-state index in [0.29, 0.717) is 5.56 Å². The Morgan fingerprint density at radius 1 is 1.39 bits per heavy atom. The van der Waals surface area contributed by atoms with Crippen molar-refractivity contribution in [3.8, 4) is 0 Å². The molecular formula is C13H18ClFO3. The van der Waals surface area contributed by atoms with Crippen molar-refractivity contribution in [3.63, 3.8) is 0 Å². The van der Waals surface area contributed by atoms with Crippen molar-refractivity contribution in [2.75, 3.05) is 14.2 Å². The fourth-order valence-corrected chi connectivity index (χ4v) is 1.98. The van der Waals surface area contributed by atoms with Crippen molar-refractivity contribution < 1.29 is 19.0 Å². The lowest BCUT2D eigenvalue weighted by Crippen LogP contribution is -2.34. The van der Waals surface area contributed by atoms with Gasteiger partial charge in [0.15, 0.2) is 6.29 Å². The predicted octanol–water partition coefficient (Wildman–Crippen LogP) is 2.78. The average molecular weight is 277 g/mol. The fraction of sp³-hybridized carbons (Fsp3) is 0.538. The number of hydrogen-bond acceptors (Lipinski definition) is 3. The Morgan fingerprint density at radius 3 is 2.56 bits per heavy atom. The zero-order chi connectivity index (χ0) is 13.8. The summed E-state index contributed by atoms with van der Waals surface area (Å²) < 4.78 is 23.8. The Hall–Kier alpha value is -0.680. The van der Waals surface area contributed by atoms with Gasteiger partial charge in [-0.2, -0.15) is 0 Å². The number of benzene rings is 1. The van der Waals surface area contributed by atoms with E-state index in [1.54, 1.807) is 19.1 Å². The monoisotopic (exact) mass is 276 g/mol. The molecule has 1 atom stereocenters. The lowest BCUT2D eigenvalue weighted by atomic mass is 9.92. The number of rotatable bonds is 6. The smallest absolute Gasteiger partial charge is 0.159 e. The molecule has 0 heterocycles. The first-order valence-corrected chi connectivity index (χ1v) is 5.98. The van der Waals surface area contributed by atoms with Crippen LogP contribution in [0, 0.1) is 5.82 Å². The van der Waals surface area contributed by atoms with Crippen LogP contribution >= 0.6 is 11.6 Å². The molecule has 0 aliphatic heterocycles. The second-order valence-electron chi connectivity index (χ2n) is 4.49. The lowest BCUT2D eigenvalue weighted by Gasteiger charge is -2.27. The van der Waals surface area contributed by atoms with Crippen LogP contribution in [0.5, 0.6) is 0 Å². The summed E-state index contributed by atoms with van der Waals surface area (Å²) in [6, 6.07) is 4.73. The molecule has 3 nitrogen and oxygen atoms in total. The molecule has 0 aliphatic rings. The molecule has 0 saturated heterocycles. The van der Waals surface area contributed by atoms with Crippen LogP contribution in [-0.2, 0) is 15.9 Å². The molecule has 0 bridgehead atoms. The Kier molecular flexibility index (Phi) is 5.53. The number of ether oxygens (including phenoxy) is 2. The summed E-state index contributed by atoms with van der Waals surface area (Å²) in [6.45, 7) is 1.61. The van der Waals surface area contributed by atoms with Crippen molar-refractivity contribution in [2.24, 2.45) is 0 Å². The van der Waals surface area contributed by atoms with Crippen LogP contribution < -0.4 is 0 Å². The van der Waals surface area contributed by atoms with Crippen LogP contribution in [0.3, 0.4) is 0 Å². The first kappa shape index (κ1) is 15.4. The molecule has 0 spiro atoms. The third-order valence-electron chi connectivity index (χ3n) is 2.74. The average Bonchev–Trinajstić information content (AvgIpc) is 2.32. The largest absolute Gasteiger partial charge is 0.390 e. The Labute approximate surface area is 111 Å². The van der Waals surface area contributed by atoms with Gasteiger partial charge in [0.25, 0.3) is 0 Å². The Bertz CT molecular complexity index is 392. The molecule has 0 aliphatic carbocycles. The molecule has 18 heavy (non-hydrogen) atoms. The summed E-state index contributed by atoms with van der Waals surface area (Å²) in [7, 11) is 2.98. The molecule has 1 rings (SSSR count). The minimum absolute atomic E-state index is 0.0540. The SMILES string of the molecule is COC(CC(C)(O)Cc1cccc(Cl)c1F)OC. The van der Waals surface area contributed by atoms with Gasteiger partial charge < -0.3 is 14.6 Å². The number of aliphatic hydroxyl groups is 1. The predicted molar refractivity (Wildman–Crippen MR) is 68.2 cm³/mol. The summed E-state index contributed by atoms with van der Waals surface area (Å²) in [6.07, 6.45) is -0.142. The third-order valence-corrected chi connectivity index (χ3v) is 3.03.